The number of carbonyl (C=O) groups excluding carboxylic acids is 3. The Morgan fingerprint density at radius 2 is 1.58 bits per heavy atom. The first kappa shape index (κ1) is 22.6. The lowest BCUT2D eigenvalue weighted by Gasteiger charge is -2.38. The van der Waals surface area contributed by atoms with E-state index in [2.05, 4.69) is 0 Å². The van der Waals surface area contributed by atoms with Crippen LogP contribution in [0.15, 0.2) is 72.8 Å². The van der Waals surface area contributed by atoms with Gasteiger partial charge in [-0.3, -0.25) is 14.4 Å². The molecule has 0 bridgehead atoms. The number of fused-ring (bicyclic) bond motifs is 5. The molecule has 36 heavy (non-hydrogen) atoms. The summed E-state index contributed by atoms with van der Waals surface area (Å²) in [6, 6.07) is 19.7. The van der Waals surface area contributed by atoms with Crippen molar-refractivity contribution in [1.29, 1.82) is 0 Å². The van der Waals surface area contributed by atoms with Gasteiger partial charge in [0, 0.05) is 16.5 Å². The molecule has 1 fully saturated rings. The van der Waals surface area contributed by atoms with Gasteiger partial charge in [0.15, 0.2) is 0 Å². The van der Waals surface area contributed by atoms with Crippen molar-refractivity contribution in [3.05, 3.63) is 94.5 Å². The van der Waals surface area contributed by atoms with Crippen LogP contribution in [-0.4, -0.2) is 24.9 Å². The van der Waals surface area contributed by atoms with Crippen LogP contribution in [0.2, 0.25) is 5.02 Å². The molecule has 3 aromatic rings. The topological polar surface area (TPSA) is 72.9 Å². The van der Waals surface area contributed by atoms with E-state index in [9.17, 15) is 14.4 Å². The number of allylic oxidation sites excluding steroid dienone is 1. The maximum absolute atomic E-state index is 13.9. The molecule has 2 amide bonds. The summed E-state index contributed by atoms with van der Waals surface area (Å²) in [5.41, 5.74) is 3.75. The summed E-state index contributed by atoms with van der Waals surface area (Å²) in [6.45, 7) is 1.93. The molecule has 1 aliphatic carbocycles. The molecular weight excluding hydrogens is 478 g/mol. The summed E-state index contributed by atoms with van der Waals surface area (Å²) in [6.07, 6.45) is 1.97. The first-order chi connectivity index (χ1) is 17.4. The molecule has 2 aliphatic heterocycles. The summed E-state index contributed by atoms with van der Waals surface area (Å²) in [7, 11) is 1.59. The zero-order valence-corrected chi connectivity index (χ0v) is 20.4. The van der Waals surface area contributed by atoms with Crippen molar-refractivity contribution in [2.24, 2.45) is 17.8 Å². The van der Waals surface area contributed by atoms with Gasteiger partial charge < -0.3 is 9.47 Å². The molecule has 0 N–H and O–H groups in total. The fourth-order valence-electron chi connectivity index (χ4n) is 5.66. The number of hydrogen-bond donors (Lipinski definition) is 0. The number of aryl methyl sites for hydroxylation is 1. The number of halogens is 1. The molecule has 0 unspecified atom stereocenters. The molecule has 3 aromatic carbocycles. The number of nitrogens with zero attached hydrogens (tertiary/aromatic N) is 1. The average Bonchev–Trinajstić information content (AvgIpc) is 3.14. The summed E-state index contributed by atoms with van der Waals surface area (Å²) in [5, 5.41) is 0.498. The predicted molar refractivity (Wildman–Crippen MR) is 135 cm³/mol. The van der Waals surface area contributed by atoms with Crippen molar-refractivity contribution in [3.8, 4) is 11.5 Å². The van der Waals surface area contributed by atoms with Gasteiger partial charge in [0.05, 0.1) is 30.6 Å². The Hall–Kier alpha value is -3.90. The highest BCUT2D eigenvalue weighted by atomic mass is 35.5. The van der Waals surface area contributed by atoms with Crippen molar-refractivity contribution in [2.75, 3.05) is 12.0 Å². The van der Waals surface area contributed by atoms with Crippen molar-refractivity contribution < 1.29 is 23.9 Å². The van der Waals surface area contributed by atoms with E-state index in [0.717, 1.165) is 22.3 Å². The Kier molecular flexibility index (Phi) is 5.23. The Labute approximate surface area is 213 Å². The van der Waals surface area contributed by atoms with E-state index in [1.807, 2.05) is 55.5 Å². The average molecular weight is 500 g/mol. The predicted octanol–water partition coefficient (Wildman–Crippen LogP) is 5.18. The van der Waals surface area contributed by atoms with Gasteiger partial charge >= 0.3 is 5.97 Å². The summed E-state index contributed by atoms with van der Waals surface area (Å²) in [5.74, 6) is -3.02. The third kappa shape index (κ3) is 3.36. The van der Waals surface area contributed by atoms with E-state index in [1.54, 1.807) is 31.4 Å². The summed E-state index contributed by atoms with van der Waals surface area (Å²) < 4.78 is 11.0. The van der Waals surface area contributed by atoms with E-state index in [1.165, 1.54) is 4.90 Å². The molecule has 0 radical (unpaired) electrons. The highest BCUT2D eigenvalue weighted by Gasteiger charge is 2.60. The van der Waals surface area contributed by atoms with E-state index in [-0.39, 0.29) is 5.91 Å². The van der Waals surface area contributed by atoms with Crippen LogP contribution in [0, 0.1) is 24.7 Å². The Morgan fingerprint density at radius 3 is 2.28 bits per heavy atom. The second-order valence-electron chi connectivity index (χ2n) is 9.36. The third-order valence-corrected chi connectivity index (χ3v) is 7.59. The van der Waals surface area contributed by atoms with Gasteiger partial charge in [-0.1, -0.05) is 41.9 Å². The maximum Gasteiger partial charge on any atom is 0.319 e. The van der Waals surface area contributed by atoms with E-state index < -0.39 is 35.5 Å². The molecule has 7 heteroatoms. The highest BCUT2D eigenvalue weighted by Crippen LogP contribution is 2.54. The fourth-order valence-corrected chi connectivity index (χ4v) is 5.79. The maximum atomic E-state index is 13.9. The molecule has 2 heterocycles. The normalized spacial score (nSPS) is 24.5. The molecule has 3 aliphatic rings. The molecular formula is C29H22ClNO5. The molecule has 1 saturated heterocycles. The van der Waals surface area contributed by atoms with Crippen LogP contribution in [0.5, 0.6) is 11.5 Å². The van der Waals surface area contributed by atoms with Gasteiger partial charge in [-0.2, -0.15) is 0 Å². The van der Waals surface area contributed by atoms with Crippen LogP contribution in [0.4, 0.5) is 5.69 Å². The van der Waals surface area contributed by atoms with Gasteiger partial charge in [-0.15, -0.1) is 0 Å². The number of benzene rings is 3. The number of rotatable bonds is 3. The zero-order chi connectivity index (χ0) is 25.1. The monoisotopic (exact) mass is 499 g/mol. The number of amides is 2. The van der Waals surface area contributed by atoms with Crippen molar-refractivity contribution in [1.82, 2.24) is 0 Å². The van der Waals surface area contributed by atoms with Crippen LogP contribution < -0.4 is 14.4 Å². The fraction of sp³-hybridized carbons (Fsp3) is 0.207. The van der Waals surface area contributed by atoms with Crippen LogP contribution in [0.3, 0.4) is 0 Å². The quantitative estimate of drug-likeness (QED) is 0.282. The lowest BCUT2D eigenvalue weighted by atomic mass is 9.64. The standard InChI is InChI=1S/C29H22ClNO5/c1-15-3-12-20-22-14-21(16-4-10-19(35-2)11-5-16)24-26(25(22)29(34)36-23(20)13-15)28(33)31(27(24)32)18-8-6-17(30)7-9-18/h3-14,21,24-26H,1-2H3/t21-,24-,25-,26+/m0/s1. The van der Waals surface area contributed by atoms with Gasteiger partial charge in [0.2, 0.25) is 11.8 Å². The lowest BCUT2D eigenvalue weighted by Crippen LogP contribution is -2.42. The minimum absolute atomic E-state index is 0.342. The Morgan fingerprint density at radius 1 is 0.889 bits per heavy atom. The second kappa shape index (κ2) is 8.35. The van der Waals surface area contributed by atoms with Gasteiger partial charge in [-0.25, -0.2) is 4.90 Å². The molecule has 6 nitrogen and oxygen atoms in total. The molecule has 0 saturated carbocycles. The number of methoxy groups -OCH3 is 1. The number of ether oxygens (including phenoxy) is 2. The highest BCUT2D eigenvalue weighted by molar-refractivity contribution is 6.31. The van der Waals surface area contributed by atoms with E-state index in [4.69, 9.17) is 21.1 Å². The first-order valence-corrected chi connectivity index (χ1v) is 12.1. The number of carbonyl (C=O) groups is 3. The molecule has 0 aromatic heterocycles. The van der Waals surface area contributed by atoms with Gasteiger partial charge in [0.25, 0.3) is 0 Å². The van der Waals surface area contributed by atoms with Crippen molar-refractivity contribution in [3.63, 3.8) is 0 Å². The summed E-state index contributed by atoms with van der Waals surface area (Å²) in [4.78, 5) is 42.3. The molecule has 0 spiro atoms. The second-order valence-corrected chi connectivity index (χ2v) is 9.80. The van der Waals surface area contributed by atoms with Gasteiger partial charge in [-0.05, 0) is 66.1 Å². The van der Waals surface area contributed by atoms with Crippen LogP contribution in [0.25, 0.3) is 5.57 Å². The number of hydrogen-bond acceptors (Lipinski definition) is 5. The molecule has 6 rings (SSSR count). The van der Waals surface area contributed by atoms with Crippen molar-refractivity contribution >= 4 is 40.6 Å². The number of anilines is 1. The smallest absolute Gasteiger partial charge is 0.319 e. The zero-order valence-electron chi connectivity index (χ0n) is 19.6. The van der Waals surface area contributed by atoms with E-state index >= 15 is 0 Å². The Balaban J connectivity index is 1.54. The minimum atomic E-state index is -0.887. The largest absolute Gasteiger partial charge is 0.497 e. The molecule has 180 valence electrons. The van der Waals surface area contributed by atoms with Crippen LogP contribution >= 0.6 is 11.6 Å². The van der Waals surface area contributed by atoms with Gasteiger partial charge in [0.1, 0.15) is 11.5 Å². The number of imide groups is 1. The molecule has 4 atom stereocenters. The van der Waals surface area contributed by atoms with Crippen LogP contribution in [0.1, 0.15) is 22.6 Å². The first-order valence-electron chi connectivity index (χ1n) is 11.7. The van der Waals surface area contributed by atoms with Crippen LogP contribution in [-0.2, 0) is 14.4 Å². The Bertz CT molecular complexity index is 1440. The SMILES string of the molecule is COc1ccc([C@@H]2C=C3c4ccc(C)cc4OC(=O)[C@@H]3[C@@H]3C(=O)N(c4ccc(Cl)cc4)C(=O)[C@H]32)cc1. The minimum Gasteiger partial charge on any atom is -0.497 e. The third-order valence-electron chi connectivity index (χ3n) is 7.34. The van der Waals surface area contributed by atoms with Crippen molar-refractivity contribution in [2.45, 2.75) is 12.8 Å². The van der Waals surface area contributed by atoms with E-state index in [0.29, 0.717) is 22.2 Å². The lowest BCUT2D eigenvalue weighted by molar-refractivity contribution is -0.142. The summed E-state index contributed by atoms with van der Waals surface area (Å²) >= 11 is 6.04. The number of esters is 1.